The largest absolute Gasteiger partial charge is 0.480 e. The third-order valence-corrected chi connectivity index (χ3v) is 5.20. The summed E-state index contributed by atoms with van der Waals surface area (Å²) >= 11 is 0. The zero-order chi connectivity index (χ0) is 24.1. The van der Waals surface area contributed by atoms with E-state index in [2.05, 4.69) is 22.1 Å². The molecule has 0 saturated heterocycles. The Morgan fingerprint density at radius 2 is 1.62 bits per heavy atom. The standard InChI is InChI=1S/C26H20N4O4/c1-16-24(26(33)30-34)21-14-27-13-12-22(21)29-25(16)19-8-4-17(5-9-19)2-3-18-6-10-20(11-7-18)28-15-23(31)32/h4-14,28,34H,15H2,1H3,(H,30,33)(H,31,32). The molecule has 8 nitrogen and oxygen atoms in total. The van der Waals surface area contributed by atoms with Gasteiger partial charge < -0.3 is 10.4 Å². The van der Waals surface area contributed by atoms with Crippen molar-refractivity contribution in [3.8, 4) is 23.1 Å². The number of pyridine rings is 2. The molecule has 0 spiro atoms. The molecule has 0 aliphatic heterocycles. The Balaban J connectivity index is 1.60. The second-order valence-corrected chi connectivity index (χ2v) is 7.45. The molecule has 8 heteroatoms. The summed E-state index contributed by atoms with van der Waals surface area (Å²) < 4.78 is 0. The highest BCUT2D eigenvalue weighted by atomic mass is 16.5. The molecule has 168 valence electrons. The van der Waals surface area contributed by atoms with Gasteiger partial charge in [-0.1, -0.05) is 24.0 Å². The smallest absolute Gasteiger partial charge is 0.322 e. The van der Waals surface area contributed by atoms with Gasteiger partial charge in [-0.2, -0.15) is 0 Å². The minimum Gasteiger partial charge on any atom is -0.480 e. The highest BCUT2D eigenvalue weighted by molar-refractivity contribution is 6.08. The zero-order valence-corrected chi connectivity index (χ0v) is 18.2. The summed E-state index contributed by atoms with van der Waals surface area (Å²) in [5.41, 5.74) is 6.99. The van der Waals surface area contributed by atoms with Crippen molar-refractivity contribution in [2.75, 3.05) is 11.9 Å². The Morgan fingerprint density at radius 1 is 0.971 bits per heavy atom. The molecule has 2 heterocycles. The van der Waals surface area contributed by atoms with Gasteiger partial charge in [-0.15, -0.1) is 0 Å². The molecule has 2 aromatic heterocycles. The number of aliphatic carboxylic acids is 1. The molecular formula is C26H20N4O4. The number of rotatable bonds is 5. The first-order valence-electron chi connectivity index (χ1n) is 10.3. The fourth-order valence-electron chi connectivity index (χ4n) is 3.54. The van der Waals surface area contributed by atoms with Gasteiger partial charge in [-0.25, -0.2) is 10.5 Å². The van der Waals surface area contributed by atoms with Gasteiger partial charge in [0, 0.05) is 40.2 Å². The SMILES string of the molecule is Cc1c(-c2ccc(C#Cc3ccc(NCC(=O)O)cc3)cc2)nc2ccncc2c1C(=O)NO. The van der Waals surface area contributed by atoms with Gasteiger partial charge in [-0.05, 0) is 55.0 Å². The number of hydroxylamine groups is 1. The lowest BCUT2D eigenvalue weighted by atomic mass is 9.97. The van der Waals surface area contributed by atoms with E-state index in [0.717, 1.165) is 16.7 Å². The number of hydrogen-bond donors (Lipinski definition) is 4. The fourth-order valence-corrected chi connectivity index (χ4v) is 3.54. The van der Waals surface area contributed by atoms with Crippen LogP contribution in [-0.4, -0.2) is 38.7 Å². The predicted octanol–water partition coefficient (Wildman–Crippen LogP) is 3.62. The predicted molar refractivity (Wildman–Crippen MR) is 128 cm³/mol. The lowest BCUT2D eigenvalue weighted by Gasteiger charge is -2.13. The van der Waals surface area contributed by atoms with E-state index in [1.807, 2.05) is 36.4 Å². The van der Waals surface area contributed by atoms with Gasteiger partial charge in [0.15, 0.2) is 0 Å². The normalized spacial score (nSPS) is 10.3. The summed E-state index contributed by atoms with van der Waals surface area (Å²) in [4.78, 5) is 31.7. The Labute approximate surface area is 195 Å². The van der Waals surface area contributed by atoms with Gasteiger partial charge >= 0.3 is 5.97 Å². The maximum Gasteiger partial charge on any atom is 0.322 e. The summed E-state index contributed by atoms with van der Waals surface area (Å²) in [5.74, 6) is 4.64. The summed E-state index contributed by atoms with van der Waals surface area (Å²) in [5, 5.41) is 21.3. The molecule has 0 radical (unpaired) electrons. The van der Waals surface area contributed by atoms with Crippen molar-refractivity contribution < 1.29 is 19.9 Å². The van der Waals surface area contributed by atoms with E-state index in [4.69, 9.17) is 10.1 Å². The van der Waals surface area contributed by atoms with E-state index in [1.54, 1.807) is 43.0 Å². The molecule has 0 unspecified atom stereocenters. The van der Waals surface area contributed by atoms with E-state index < -0.39 is 11.9 Å². The van der Waals surface area contributed by atoms with Gasteiger partial charge in [0.1, 0.15) is 6.54 Å². The highest BCUT2D eigenvalue weighted by Gasteiger charge is 2.18. The number of carboxylic acids is 1. The summed E-state index contributed by atoms with van der Waals surface area (Å²) in [6.45, 7) is 1.63. The van der Waals surface area contributed by atoms with Crippen LogP contribution in [0.25, 0.3) is 22.2 Å². The van der Waals surface area contributed by atoms with Crippen LogP contribution in [0.4, 0.5) is 5.69 Å². The first-order chi connectivity index (χ1) is 16.5. The number of fused-ring (bicyclic) bond motifs is 1. The Kier molecular flexibility index (Phi) is 6.48. The first kappa shape index (κ1) is 22.5. The summed E-state index contributed by atoms with van der Waals surface area (Å²) in [6.07, 6.45) is 3.15. The van der Waals surface area contributed by atoms with Crippen molar-refractivity contribution in [2.45, 2.75) is 6.92 Å². The molecule has 34 heavy (non-hydrogen) atoms. The molecule has 0 atom stereocenters. The van der Waals surface area contributed by atoms with Crippen LogP contribution >= 0.6 is 0 Å². The molecule has 0 fully saturated rings. The summed E-state index contributed by atoms with van der Waals surface area (Å²) in [7, 11) is 0. The lowest BCUT2D eigenvalue weighted by Crippen LogP contribution is -2.21. The number of hydrogen-bond acceptors (Lipinski definition) is 6. The van der Waals surface area contributed by atoms with Gasteiger partial charge in [0.05, 0.1) is 16.8 Å². The van der Waals surface area contributed by atoms with Crippen LogP contribution < -0.4 is 10.8 Å². The van der Waals surface area contributed by atoms with Crippen LogP contribution in [0.5, 0.6) is 0 Å². The van der Waals surface area contributed by atoms with Crippen LogP contribution in [-0.2, 0) is 4.79 Å². The number of benzene rings is 2. The first-order valence-corrected chi connectivity index (χ1v) is 10.3. The van der Waals surface area contributed by atoms with Crippen LogP contribution in [0.2, 0.25) is 0 Å². The Bertz CT molecular complexity index is 1440. The monoisotopic (exact) mass is 452 g/mol. The third-order valence-electron chi connectivity index (χ3n) is 5.20. The maximum absolute atomic E-state index is 12.3. The fraction of sp³-hybridized carbons (Fsp3) is 0.0769. The molecule has 0 aliphatic carbocycles. The van der Waals surface area contributed by atoms with E-state index >= 15 is 0 Å². The van der Waals surface area contributed by atoms with Crippen molar-refractivity contribution in [2.24, 2.45) is 0 Å². The quantitative estimate of drug-likeness (QED) is 0.207. The van der Waals surface area contributed by atoms with Crippen LogP contribution in [0.3, 0.4) is 0 Å². The van der Waals surface area contributed by atoms with Crippen molar-refractivity contribution in [3.63, 3.8) is 0 Å². The van der Waals surface area contributed by atoms with Gasteiger partial charge in [0.25, 0.3) is 5.91 Å². The van der Waals surface area contributed by atoms with Crippen molar-refractivity contribution in [1.82, 2.24) is 15.4 Å². The average molecular weight is 452 g/mol. The van der Waals surface area contributed by atoms with Crippen LogP contribution in [0.15, 0.2) is 67.0 Å². The number of nitrogens with zero attached hydrogens (tertiary/aromatic N) is 2. The van der Waals surface area contributed by atoms with Crippen LogP contribution in [0.1, 0.15) is 27.0 Å². The van der Waals surface area contributed by atoms with Crippen molar-refractivity contribution >= 4 is 28.5 Å². The van der Waals surface area contributed by atoms with Gasteiger partial charge in [-0.3, -0.25) is 19.8 Å². The number of carboxylic acid groups (broad SMARTS) is 1. The van der Waals surface area contributed by atoms with E-state index in [9.17, 15) is 14.8 Å². The highest BCUT2D eigenvalue weighted by Crippen LogP contribution is 2.29. The van der Waals surface area contributed by atoms with Crippen LogP contribution in [0, 0.1) is 18.8 Å². The average Bonchev–Trinajstić information content (AvgIpc) is 2.86. The number of carbonyl (C=O) groups is 2. The third kappa shape index (κ3) is 4.85. The maximum atomic E-state index is 12.3. The molecule has 1 amide bonds. The zero-order valence-electron chi connectivity index (χ0n) is 18.2. The Hall–Kier alpha value is -4.74. The lowest BCUT2D eigenvalue weighted by molar-refractivity contribution is -0.134. The molecule has 2 aromatic carbocycles. The topological polar surface area (TPSA) is 124 Å². The molecule has 0 aliphatic rings. The molecular weight excluding hydrogens is 432 g/mol. The molecule has 0 bridgehead atoms. The molecule has 4 aromatic rings. The van der Waals surface area contributed by atoms with Gasteiger partial charge in [0.2, 0.25) is 0 Å². The number of amides is 1. The Morgan fingerprint density at radius 3 is 2.24 bits per heavy atom. The van der Waals surface area contributed by atoms with E-state index in [0.29, 0.717) is 33.4 Å². The van der Waals surface area contributed by atoms with Crippen molar-refractivity contribution in [1.29, 1.82) is 0 Å². The molecule has 4 rings (SSSR count). The molecule has 4 N–H and O–H groups in total. The van der Waals surface area contributed by atoms with E-state index in [1.165, 1.54) is 0 Å². The number of carbonyl (C=O) groups excluding carboxylic acids is 1. The van der Waals surface area contributed by atoms with E-state index in [-0.39, 0.29) is 6.54 Å². The minimum absolute atomic E-state index is 0.147. The second kappa shape index (κ2) is 9.81. The second-order valence-electron chi connectivity index (χ2n) is 7.45. The number of nitrogens with one attached hydrogen (secondary N) is 2. The number of aromatic nitrogens is 2. The minimum atomic E-state index is -0.925. The van der Waals surface area contributed by atoms with Crippen molar-refractivity contribution in [3.05, 3.63) is 89.2 Å². The summed E-state index contributed by atoms with van der Waals surface area (Å²) in [6, 6.07) is 16.4. The molecule has 0 saturated carbocycles. The number of anilines is 1.